The fourth-order valence-corrected chi connectivity index (χ4v) is 2.84. The second-order valence-electron chi connectivity index (χ2n) is 6.74. The second-order valence-corrected chi connectivity index (χ2v) is 6.74. The van der Waals surface area contributed by atoms with Crippen molar-refractivity contribution in [1.82, 2.24) is 4.90 Å². The van der Waals surface area contributed by atoms with Crippen LogP contribution in [0.2, 0.25) is 0 Å². The van der Waals surface area contributed by atoms with Gasteiger partial charge in [-0.15, -0.1) is 0 Å². The Labute approximate surface area is 129 Å². The molecule has 0 spiro atoms. The molecule has 0 atom stereocenters. The van der Waals surface area contributed by atoms with Crippen LogP contribution in [0, 0.1) is 5.92 Å². The van der Waals surface area contributed by atoms with Crippen LogP contribution in [0.3, 0.4) is 0 Å². The van der Waals surface area contributed by atoms with Gasteiger partial charge in [-0.25, -0.2) is 0 Å². The van der Waals surface area contributed by atoms with Gasteiger partial charge in [-0.1, -0.05) is 91.9 Å². The van der Waals surface area contributed by atoms with Gasteiger partial charge < -0.3 is 4.90 Å². The monoisotopic (exact) mass is 283 g/mol. The SMILES string of the molecule is CCN(CC)CCCCCCCCCCCCC(C)C. The topological polar surface area (TPSA) is 3.24 Å². The molecule has 0 aromatic carbocycles. The van der Waals surface area contributed by atoms with Crippen molar-refractivity contribution in [2.24, 2.45) is 5.92 Å². The first-order valence-electron chi connectivity index (χ1n) is 9.43. The Balaban J connectivity index is 3.06. The molecule has 1 heteroatoms. The van der Waals surface area contributed by atoms with E-state index in [9.17, 15) is 0 Å². The summed E-state index contributed by atoms with van der Waals surface area (Å²) in [5.74, 6) is 0.895. The molecule has 0 saturated heterocycles. The third kappa shape index (κ3) is 14.4. The first-order chi connectivity index (χ1) is 9.70. The van der Waals surface area contributed by atoms with Gasteiger partial charge in [-0.3, -0.25) is 0 Å². The van der Waals surface area contributed by atoms with Gasteiger partial charge in [0, 0.05) is 0 Å². The van der Waals surface area contributed by atoms with E-state index in [4.69, 9.17) is 0 Å². The number of rotatable bonds is 15. The van der Waals surface area contributed by atoms with Crippen molar-refractivity contribution >= 4 is 0 Å². The van der Waals surface area contributed by atoms with E-state index in [-0.39, 0.29) is 0 Å². The Kier molecular flexibility index (Phi) is 15.3. The quantitative estimate of drug-likeness (QED) is 0.320. The van der Waals surface area contributed by atoms with Crippen molar-refractivity contribution < 1.29 is 0 Å². The summed E-state index contributed by atoms with van der Waals surface area (Å²) in [6, 6.07) is 0. The van der Waals surface area contributed by atoms with Crippen LogP contribution >= 0.6 is 0 Å². The lowest BCUT2D eigenvalue weighted by Crippen LogP contribution is -2.23. The summed E-state index contributed by atoms with van der Waals surface area (Å²) >= 11 is 0. The first kappa shape index (κ1) is 20.0. The molecular formula is C19H41N. The Morgan fingerprint density at radius 1 is 0.600 bits per heavy atom. The lowest BCUT2D eigenvalue weighted by Gasteiger charge is -2.17. The van der Waals surface area contributed by atoms with Crippen molar-refractivity contribution in [2.45, 2.75) is 98.3 Å². The highest BCUT2D eigenvalue weighted by molar-refractivity contribution is 4.54. The molecule has 0 aliphatic rings. The number of hydrogen-bond donors (Lipinski definition) is 0. The minimum Gasteiger partial charge on any atom is -0.304 e. The molecule has 0 amide bonds. The average Bonchev–Trinajstić information content (AvgIpc) is 2.44. The number of hydrogen-bond acceptors (Lipinski definition) is 1. The minimum atomic E-state index is 0.895. The molecule has 20 heavy (non-hydrogen) atoms. The summed E-state index contributed by atoms with van der Waals surface area (Å²) in [6.45, 7) is 12.9. The predicted molar refractivity (Wildman–Crippen MR) is 93.4 cm³/mol. The van der Waals surface area contributed by atoms with Crippen molar-refractivity contribution in [3.8, 4) is 0 Å². The predicted octanol–water partition coefficient (Wildman–Crippen LogP) is 6.28. The zero-order valence-electron chi connectivity index (χ0n) is 14.9. The van der Waals surface area contributed by atoms with Crippen molar-refractivity contribution in [3.63, 3.8) is 0 Å². The fourth-order valence-electron chi connectivity index (χ4n) is 2.84. The van der Waals surface area contributed by atoms with Crippen LogP contribution in [-0.2, 0) is 0 Å². The van der Waals surface area contributed by atoms with Crippen molar-refractivity contribution in [2.75, 3.05) is 19.6 Å². The van der Waals surface area contributed by atoms with Gasteiger partial charge in [0.15, 0.2) is 0 Å². The van der Waals surface area contributed by atoms with E-state index in [0.717, 1.165) is 5.92 Å². The summed E-state index contributed by atoms with van der Waals surface area (Å²) in [5.41, 5.74) is 0. The largest absolute Gasteiger partial charge is 0.304 e. The molecule has 1 nitrogen and oxygen atoms in total. The van der Waals surface area contributed by atoms with E-state index >= 15 is 0 Å². The highest BCUT2D eigenvalue weighted by Gasteiger charge is 1.98. The van der Waals surface area contributed by atoms with Gasteiger partial charge in [0.25, 0.3) is 0 Å². The third-order valence-electron chi connectivity index (χ3n) is 4.40. The molecule has 0 N–H and O–H groups in total. The summed E-state index contributed by atoms with van der Waals surface area (Å²) < 4.78 is 0. The van der Waals surface area contributed by atoms with Gasteiger partial charge >= 0.3 is 0 Å². The third-order valence-corrected chi connectivity index (χ3v) is 4.40. The van der Waals surface area contributed by atoms with E-state index in [1.165, 1.54) is 90.3 Å². The van der Waals surface area contributed by atoms with Gasteiger partial charge in [0.2, 0.25) is 0 Å². The second kappa shape index (κ2) is 15.4. The molecule has 0 aliphatic carbocycles. The minimum absolute atomic E-state index is 0.895. The van der Waals surface area contributed by atoms with Gasteiger partial charge in [-0.2, -0.15) is 0 Å². The normalized spacial score (nSPS) is 11.7. The van der Waals surface area contributed by atoms with Crippen molar-refractivity contribution in [1.29, 1.82) is 0 Å². The molecule has 0 rings (SSSR count). The summed E-state index contributed by atoms with van der Waals surface area (Å²) in [7, 11) is 0. The number of unbranched alkanes of at least 4 members (excludes halogenated alkanes) is 9. The van der Waals surface area contributed by atoms with E-state index in [2.05, 4.69) is 32.6 Å². The average molecular weight is 284 g/mol. The maximum absolute atomic E-state index is 2.54. The smallest absolute Gasteiger partial charge is 0.00190 e. The maximum atomic E-state index is 2.54. The van der Waals surface area contributed by atoms with E-state index in [1.807, 2.05) is 0 Å². The summed E-state index contributed by atoms with van der Waals surface area (Å²) in [4.78, 5) is 2.54. The van der Waals surface area contributed by atoms with Gasteiger partial charge in [-0.05, 0) is 32.0 Å². The lowest BCUT2D eigenvalue weighted by atomic mass is 10.0. The van der Waals surface area contributed by atoms with Gasteiger partial charge in [0.05, 0.1) is 0 Å². The van der Waals surface area contributed by atoms with E-state index in [0.29, 0.717) is 0 Å². The van der Waals surface area contributed by atoms with Crippen LogP contribution in [0.25, 0.3) is 0 Å². The molecule has 0 fully saturated rings. The van der Waals surface area contributed by atoms with Crippen LogP contribution < -0.4 is 0 Å². The van der Waals surface area contributed by atoms with Gasteiger partial charge in [0.1, 0.15) is 0 Å². The molecule has 0 bridgehead atoms. The highest BCUT2D eigenvalue weighted by atomic mass is 15.1. The Hall–Kier alpha value is -0.0400. The Morgan fingerprint density at radius 3 is 1.40 bits per heavy atom. The molecule has 0 aromatic rings. The lowest BCUT2D eigenvalue weighted by molar-refractivity contribution is 0.295. The molecule has 0 aliphatic heterocycles. The Morgan fingerprint density at radius 2 is 1.00 bits per heavy atom. The molecule has 0 aromatic heterocycles. The van der Waals surface area contributed by atoms with E-state index < -0.39 is 0 Å². The molecule has 0 radical (unpaired) electrons. The molecule has 122 valence electrons. The molecule has 0 unspecified atom stereocenters. The van der Waals surface area contributed by atoms with E-state index in [1.54, 1.807) is 0 Å². The van der Waals surface area contributed by atoms with Crippen LogP contribution in [0.4, 0.5) is 0 Å². The van der Waals surface area contributed by atoms with Crippen molar-refractivity contribution in [3.05, 3.63) is 0 Å². The fraction of sp³-hybridized carbons (Fsp3) is 1.00. The highest BCUT2D eigenvalue weighted by Crippen LogP contribution is 2.13. The standard InChI is InChI=1S/C19H41N/c1-5-20(6-2)18-16-14-12-10-8-7-9-11-13-15-17-19(3)4/h19H,5-18H2,1-4H3. The maximum Gasteiger partial charge on any atom is -0.00190 e. The summed E-state index contributed by atoms with van der Waals surface area (Å²) in [5, 5.41) is 0. The zero-order chi connectivity index (χ0) is 15.1. The first-order valence-corrected chi connectivity index (χ1v) is 9.43. The van der Waals surface area contributed by atoms with Crippen LogP contribution in [0.1, 0.15) is 98.3 Å². The Bertz CT molecular complexity index is 173. The van der Waals surface area contributed by atoms with Crippen LogP contribution in [-0.4, -0.2) is 24.5 Å². The van der Waals surface area contributed by atoms with Crippen LogP contribution in [0.5, 0.6) is 0 Å². The summed E-state index contributed by atoms with van der Waals surface area (Å²) in [6.07, 6.45) is 16.0. The van der Waals surface area contributed by atoms with Crippen LogP contribution in [0.15, 0.2) is 0 Å². The zero-order valence-corrected chi connectivity index (χ0v) is 14.9. The number of nitrogens with zero attached hydrogens (tertiary/aromatic N) is 1. The molecule has 0 heterocycles. The molecular weight excluding hydrogens is 242 g/mol. The molecule has 0 saturated carbocycles.